The number of carbonyl (C=O) groups excluding carboxylic acids is 1. The van der Waals surface area contributed by atoms with Crippen LogP contribution in [0.1, 0.15) is 20.8 Å². The van der Waals surface area contributed by atoms with E-state index in [1.807, 2.05) is 31.2 Å². The summed E-state index contributed by atoms with van der Waals surface area (Å²) in [5.41, 5.74) is 5.41. The molecule has 0 saturated carbocycles. The Hall–Kier alpha value is -1.20. The normalized spacial score (nSPS) is 13.9. The smallest absolute Gasteiger partial charge is 0.230 e. The van der Waals surface area contributed by atoms with E-state index < -0.39 is 0 Å². The first kappa shape index (κ1) is 16.9. The van der Waals surface area contributed by atoms with Crippen LogP contribution in [-0.4, -0.2) is 30.9 Å². The van der Waals surface area contributed by atoms with Gasteiger partial charge in [0.1, 0.15) is 5.75 Å². The third kappa shape index (κ3) is 4.72. The first-order chi connectivity index (χ1) is 9.41. The van der Waals surface area contributed by atoms with Gasteiger partial charge < -0.3 is 15.8 Å². The number of rotatable bonds is 7. The van der Waals surface area contributed by atoms with Gasteiger partial charge in [-0.05, 0) is 31.0 Å². The Bertz CT molecular complexity index is 451. The highest BCUT2D eigenvalue weighted by Crippen LogP contribution is 2.23. The van der Waals surface area contributed by atoms with Crippen LogP contribution in [0.5, 0.6) is 5.75 Å². The average Bonchev–Trinajstić information content (AvgIpc) is 2.45. The van der Waals surface area contributed by atoms with Gasteiger partial charge in [-0.1, -0.05) is 19.9 Å². The summed E-state index contributed by atoms with van der Waals surface area (Å²) in [6.07, 6.45) is 0. The zero-order valence-corrected chi connectivity index (χ0v) is 13.4. The van der Waals surface area contributed by atoms with Crippen molar-refractivity contribution in [1.29, 1.82) is 0 Å². The summed E-state index contributed by atoms with van der Waals surface area (Å²) in [6, 6.07) is 7.68. The van der Waals surface area contributed by atoms with E-state index >= 15 is 0 Å². The zero-order chi connectivity index (χ0) is 15.2. The second kappa shape index (κ2) is 7.55. The lowest BCUT2D eigenvalue weighted by Crippen LogP contribution is -2.55. The van der Waals surface area contributed by atoms with Gasteiger partial charge in [-0.25, -0.2) is 0 Å². The predicted molar refractivity (Wildman–Crippen MR) is 84.2 cm³/mol. The maximum absolute atomic E-state index is 12.0. The molecule has 1 aromatic carbocycles. The number of ether oxygens (including phenoxy) is 1. The Balaban J connectivity index is 2.54. The van der Waals surface area contributed by atoms with Crippen LogP contribution in [0.4, 0.5) is 0 Å². The largest absolute Gasteiger partial charge is 0.497 e. The molecule has 0 aliphatic rings. The Morgan fingerprint density at radius 2 is 2.20 bits per heavy atom. The topological polar surface area (TPSA) is 64.3 Å². The van der Waals surface area contributed by atoms with Gasteiger partial charge in [-0.2, -0.15) is 0 Å². The van der Waals surface area contributed by atoms with Crippen LogP contribution in [0, 0.1) is 5.92 Å². The number of nitrogens with one attached hydrogen (secondary N) is 1. The van der Waals surface area contributed by atoms with E-state index in [4.69, 9.17) is 10.5 Å². The number of carbonyl (C=O) groups is 1. The van der Waals surface area contributed by atoms with E-state index in [-0.39, 0.29) is 11.4 Å². The minimum atomic E-state index is -0.355. The SMILES string of the molecule is COc1cccc(SCC(=O)NC(C)(CN)C(C)C)c1. The second-order valence-corrected chi connectivity index (χ2v) is 6.34. The van der Waals surface area contributed by atoms with Gasteiger partial charge >= 0.3 is 0 Å². The van der Waals surface area contributed by atoms with Gasteiger partial charge in [0.15, 0.2) is 0 Å². The predicted octanol–water partition coefficient (Wildman–Crippen LogP) is 2.28. The molecule has 3 N–H and O–H groups in total. The number of methoxy groups -OCH3 is 1. The van der Waals surface area contributed by atoms with Gasteiger partial charge in [-0.15, -0.1) is 11.8 Å². The van der Waals surface area contributed by atoms with E-state index in [0.717, 1.165) is 10.6 Å². The number of thioether (sulfide) groups is 1. The summed E-state index contributed by atoms with van der Waals surface area (Å²) in [7, 11) is 1.63. The molecule has 0 fully saturated rings. The molecule has 1 rings (SSSR count). The summed E-state index contributed by atoms with van der Waals surface area (Å²) in [6.45, 7) is 6.52. The van der Waals surface area contributed by atoms with Crippen LogP contribution < -0.4 is 15.8 Å². The Morgan fingerprint density at radius 3 is 2.75 bits per heavy atom. The third-order valence-electron chi connectivity index (χ3n) is 3.53. The zero-order valence-electron chi connectivity index (χ0n) is 12.6. The molecule has 1 aromatic rings. The second-order valence-electron chi connectivity index (χ2n) is 5.29. The van der Waals surface area contributed by atoms with Crippen LogP contribution in [-0.2, 0) is 4.79 Å². The standard InChI is InChI=1S/C15H24N2O2S/c1-11(2)15(3,10-16)17-14(18)9-20-13-7-5-6-12(8-13)19-4/h5-8,11H,9-10,16H2,1-4H3,(H,17,18). The van der Waals surface area contributed by atoms with Crippen molar-refractivity contribution in [3.8, 4) is 5.75 Å². The molecule has 5 heteroatoms. The fraction of sp³-hybridized carbons (Fsp3) is 0.533. The Kier molecular flexibility index (Phi) is 6.36. The van der Waals surface area contributed by atoms with Crippen LogP contribution >= 0.6 is 11.8 Å². The van der Waals surface area contributed by atoms with Crippen molar-refractivity contribution in [2.45, 2.75) is 31.2 Å². The van der Waals surface area contributed by atoms with Crippen molar-refractivity contribution in [1.82, 2.24) is 5.32 Å². The van der Waals surface area contributed by atoms with Crippen LogP contribution in [0.25, 0.3) is 0 Å². The van der Waals surface area contributed by atoms with Crippen LogP contribution in [0.2, 0.25) is 0 Å². The van der Waals surface area contributed by atoms with Crippen LogP contribution in [0.3, 0.4) is 0 Å². The number of hydrogen-bond donors (Lipinski definition) is 2. The fourth-order valence-electron chi connectivity index (χ4n) is 1.63. The van der Waals surface area contributed by atoms with Crippen molar-refractivity contribution in [3.63, 3.8) is 0 Å². The molecule has 1 atom stereocenters. The Morgan fingerprint density at radius 1 is 1.50 bits per heavy atom. The highest BCUT2D eigenvalue weighted by atomic mass is 32.2. The molecule has 0 spiro atoms. The minimum Gasteiger partial charge on any atom is -0.497 e. The fourth-order valence-corrected chi connectivity index (χ4v) is 2.37. The van der Waals surface area contributed by atoms with Crippen molar-refractivity contribution in [3.05, 3.63) is 24.3 Å². The van der Waals surface area contributed by atoms with Crippen molar-refractivity contribution >= 4 is 17.7 Å². The lowest BCUT2D eigenvalue weighted by atomic mass is 9.88. The first-order valence-electron chi connectivity index (χ1n) is 6.69. The molecule has 0 saturated heterocycles. The molecule has 0 bridgehead atoms. The highest BCUT2D eigenvalue weighted by Gasteiger charge is 2.28. The molecular formula is C15H24N2O2S. The first-order valence-corrected chi connectivity index (χ1v) is 7.67. The summed E-state index contributed by atoms with van der Waals surface area (Å²) >= 11 is 1.49. The van der Waals surface area contributed by atoms with Crippen molar-refractivity contribution in [2.24, 2.45) is 11.7 Å². The average molecular weight is 296 g/mol. The van der Waals surface area contributed by atoms with Crippen molar-refractivity contribution in [2.75, 3.05) is 19.4 Å². The van der Waals surface area contributed by atoms with E-state index in [0.29, 0.717) is 18.2 Å². The number of amides is 1. The van der Waals surface area contributed by atoms with Gasteiger partial charge in [-0.3, -0.25) is 4.79 Å². The molecule has 20 heavy (non-hydrogen) atoms. The van der Waals surface area contributed by atoms with Crippen LogP contribution in [0.15, 0.2) is 29.2 Å². The van der Waals surface area contributed by atoms with E-state index in [1.165, 1.54) is 11.8 Å². The van der Waals surface area contributed by atoms with Gasteiger partial charge in [0.25, 0.3) is 0 Å². The quantitative estimate of drug-likeness (QED) is 0.758. The lowest BCUT2D eigenvalue weighted by Gasteiger charge is -2.33. The maximum Gasteiger partial charge on any atom is 0.230 e. The molecule has 0 aliphatic carbocycles. The van der Waals surface area contributed by atoms with Gasteiger partial charge in [0.2, 0.25) is 5.91 Å². The van der Waals surface area contributed by atoms with E-state index in [2.05, 4.69) is 19.2 Å². The molecule has 0 aromatic heterocycles. The highest BCUT2D eigenvalue weighted by molar-refractivity contribution is 8.00. The summed E-state index contributed by atoms with van der Waals surface area (Å²) in [5.74, 6) is 1.46. The monoisotopic (exact) mass is 296 g/mol. The molecule has 0 heterocycles. The summed E-state index contributed by atoms with van der Waals surface area (Å²) in [5, 5.41) is 3.03. The molecule has 1 unspecified atom stereocenters. The molecule has 1 amide bonds. The van der Waals surface area contributed by atoms with Gasteiger partial charge in [0.05, 0.1) is 18.4 Å². The maximum atomic E-state index is 12.0. The molecule has 112 valence electrons. The summed E-state index contributed by atoms with van der Waals surface area (Å²) < 4.78 is 5.16. The lowest BCUT2D eigenvalue weighted by molar-refractivity contribution is -0.120. The number of hydrogen-bond acceptors (Lipinski definition) is 4. The molecular weight excluding hydrogens is 272 g/mol. The van der Waals surface area contributed by atoms with E-state index in [1.54, 1.807) is 7.11 Å². The van der Waals surface area contributed by atoms with Gasteiger partial charge in [0, 0.05) is 11.4 Å². The molecule has 4 nitrogen and oxygen atoms in total. The number of nitrogens with two attached hydrogens (primary N) is 1. The number of benzene rings is 1. The molecule has 0 radical (unpaired) electrons. The molecule has 0 aliphatic heterocycles. The summed E-state index contributed by atoms with van der Waals surface area (Å²) in [4.78, 5) is 13.0. The van der Waals surface area contributed by atoms with E-state index in [9.17, 15) is 4.79 Å². The van der Waals surface area contributed by atoms with Crippen molar-refractivity contribution < 1.29 is 9.53 Å². The third-order valence-corrected chi connectivity index (χ3v) is 4.53. The Labute approximate surface area is 125 Å². The minimum absolute atomic E-state index is 0.000491.